The molecule has 2 aliphatic heterocycles. The van der Waals surface area contributed by atoms with E-state index >= 15 is 0 Å². The molecule has 4 atom stereocenters. The summed E-state index contributed by atoms with van der Waals surface area (Å²) in [6, 6.07) is -0.758. The van der Waals surface area contributed by atoms with Crippen molar-refractivity contribution in [2.75, 3.05) is 13.2 Å². The molecular weight excluding hydrogens is 247 g/mol. The van der Waals surface area contributed by atoms with Crippen LogP contribution in [0.2, 0.25) is 0 Å². The molecule has 2 heterocycles. The highest BCUT2D eigenvalue weighted by Crippen LogP contribution is 2.36. The largest absolute Gasteiger partial charge is 0.394 e. The lowest BCUT2D eigenvalue weighted by molar-refractivity contribution is -0.126. The summed E-state index contributed by atoms with van der Waals surface area (Å²) in [5, 5.41) is 20.7. The third-order valence-electron chi connectivity index (χ3n) is 3.27. The number of halogens is 1. The van der Waals surface area contributed by atoms with E-state index in [1.54, 1.807) is 0 Å². The molecule has 7 nitrogen and oxygen atoms in total. The predicted molar refractivity (Wildman–Crippen MR) is 56.1 cm³/mol. The number of carbonyl (C=O) groups excluding carboxylic acids is 2. The van der Waals surface area contributed by atoms with Gasteiger partial charge in [0.25, 0.3) is 0 Å². The second kappa shape index (κ2) is 4.45. The van der Waals surface area contributed by atoms with Crippen molar-refractivity contribution in [3.05, 3.63) is 0 Å². The fourth-order valence-electron chi connectivity index (χ4n) is 2.20. The van der Waals surface area contributed by atoms with E-state index in [2.05, 4.69) is 0 Å². The van der Waals surface area contributed by atoms with Gasteiger partial charge in [0.05, 0.1) is 6.61 Å². The number of nitrogens with one attached hydrogen (secondary N) is 1. The molecule has 3 amide bonds. The zero-order valence-electron chi connectivity index (χ0n) is 9.80. The van der Waals surface area contributed by atoms with E-state index in [0.717, 1.165) is 11.8 Å². The number of nitrogens with zero attached hydrogens (tertiary/aromatic N) is 1. The first-order chi connectivity index (χ1) is 8.37. The third kappa shape index (κ3) is 1.96. The topological polar surface area (TPSA) is 99.1 Å². The van der Waals surface area contributed by atoms with Gasteiger partial charge in [-0.15, -0.1) is 0 Å². The number of rotatable bonds is 2. The van der Waals surface area contributed by atoms with Crippen molar-refractivity contribution in [1.82, 2.24) is 10.2 Å². The zero-order chi connectivity index (χ0) is 13.5. The number of alkyl halides is 1. The number of aliphatic hydroxyl groups is 2. The van der Waals surface area contributed by atoms with Crippen LogP contribution in [0.5, 0.6) is 0 Å². The van der Waals surface area contributed by atoms with E-state index in [1.165, 1.54) is 0 Å². The summed E-state index contributed by atoms with van der Waals surface area (Å²) in [6.45, 7) is 0.562. The van der Waals surface area contributed by atoms with E-state index < -0.39 is 42.6 Å². The molecule has 0 aromatic carbocycles. The lowest BCUT2D eigenvalue weighted by Crippen LogP contribution is -2.59. The van der Waals surface area contributed by atoms with Crippen LogP contribution in [0.1, 0.15) is 13.3 Å². The highest BCUT2D eigenvalue weighted by Gasteiger charge is 2.57. The number of ether oxygens (including phenoxy) is 1. The van der Waals surface area contributed by atoms with Crippen LogP contribution >= 0.6 is 0 Å². The molecule has 0 unspecified atom stereocenters. The first kappa shape index (κ1) is 13.2. The molecule has 0 aromatic heterocycles. The summed E-state index contributed by atoms with van der Waals surface area (Å²) >= 11 is 0. The highest BCUT2D eigenvalue weighted by molar-refractivity contribution is 5.96. The number of hydrogen-bond donors (Lipinski definition) is 3. The Balaban J connectivity index is 2.18. The van der Waals surface area contributed by atoms with E-state index in [1.807, 2.05) is 5.32 Å². The molecule has 0 spiro atoms. The van der Waals surface area contributed by atoms with Crippen molar-refractivity contribution in [2.45, 2.75) is 37.4 Å². The Labute approximate surface area is 103 Å². The predicted octanol–water partition coefficient (Wildman–Crippen LogP) is -1.27. The molecular formula is C10H15FN2O5. The van der Waals surface area contributed by atoms with Crippen molar-refractivity contribution in [2.24, 2.45) is 0 Å². The lowest BCUT2D eigenvalue weighted by atomic mass is 9.98. The van der Waals surface area contributed by atoms with Crippen LogP contribution in [-0.4, -0.2) is 64.3 Å². The van der Waals surface area contributed by atoms with Gasteiger partial charge in [-0.3, -0.25) is 15.0 Å². The van der Waals surface area contributed by atoms with Gasteiger partial charge < -0.3 is 14.9 Å². The maximum absolute atomic E-state index is 14.4. The summed E-state index contributed by atoms with van der Waals surface area (Å²) in [5.74, 6) is -0.436. The Bertz CT molecular complexity index is 375. The Morgan fingerprint density at radius 3 is 2.78 bits per heavy atom. The number of urea groups is 1. The van der Waals surface area contributed by atoms with Crippen LogP contribution in [-0.2, 0) is 9.53 Å². The standard InChI is InChI=1S/C10H15FN2O5/c1-10(11)7(16)5(4-14)18-8(10)13-3-2-6(15)12-9(13)17/h5,7-8,14,16H,2-4H2,1H3,(H,12,15,17)/t5-,7-,8-,10-/m0/s1. The van der Waals surface area contributed by atoms with Gasteiger partial charge >= 0.3 is 6.03 Å². The molecule has 3 N–H and O–H groups in total. The van der Waals surface area contributed by atoms with E-state index in [9.17, 15) is 19.1 Å². The number of amides is 3. The van der Waals surface area contributed by atoms with Crippen molar-refractivity contribution < 1.29 is 28.9 Å². The minimum Gasteiger partial charge on any atom is -0.394 e. The van der Waals surface area contributed by atoms with Crippen LogP contribution in [0.4, 0.5) is 9.18 Å². The Morgan fingerprint density at radius 1 is 1.61 bits per heavy atom. The molecule has 0 radical (unpaired) electrons. The van der Waals surface area contributed by atoms with E-state index in [-0.39, 0.29) is 13.0 Å². The molecule has 0 bridgehead atoms. The van der Waals surface area contributed by atoms with Crippen molar-refractivity contribution in [3.63, 3.8) is 0 Å². The molecule has 0 aromatic rings. The fraction of sp³-hybridized carbons (Fsp3) is 0.800. The Morgan fingerprint density at radius 2 is 2.28 bits per heavy atom. The minimum absolute atomic E-state index is 0.0136. The van der Waals surface area contributed by atoms with Crippen molar-refractivity contribution in [1.29, 1.82) is 0 Å². The number of carbonyl (C=O) groups is 2. The maximum Gasteiger partial charge on any atom is 0.326 e. The van der Waals surface area contributed by atoms with Crippen LogP contribution < -0.4 is 5.32 Å². The Kier molecular flexibility index (Phi) is 3.26. The minimum atomic E-state index is -2.20. The first-order valence-electron chi connectivity index (χ1n) is 5.61. The Hall–Kier alpha value is -1.25. The molecule has 2 rings (SSSR count). The van der Waals surface area contributed by atoms with Gasteiger partial charge in [-0.05, 0) is 6.92 Å². The monoisotopic (exact) mass is 262 g/mol. The molecule has 2 saturated heterocycles. The molecule has 2 fully saturated rings. The van der Waals surface area contributed by atoms with Crippen molar-refractivity contribution >= 4 is 11.9 Å². The smallest absolute Gasteiger partial charge is 0.326 e. The fourth-order valence-corrected chi connectivity index (χ4v) is 2.20. The van der Waals surface area contributed by atoms with Gasteiger partial charge in [0, 0.05) is 13.0 Å². The van der Waals surface area contributed by atoms with Crippen LogP contribution in [0.25, 0.3) is 0 Å². The number of aliphatic hydroxyl groups excluding tert-OH is 2. The average molecular weight is 262 g/mol. The highest BCUT2D eigenvalue weighted by atomic mass is 19.1. The summed E-state index contributed by atoms with van der Waals surface area (Å²) in [7, 11) is 0. The van der Waals surface area contributed by atoms with Gasteiger partial charge in [0.1, 0.15) is 12.2 Å². The zero-order valence-corrected chi connectivity index (χ0v) is 9.80. The summed E-state index contributed by atoms with van der Waals surface area (Å²) in [4.78, 5) is 23.6. The maximum atomic E-state index is 14.4. The molecule has 8 heteroatoms. The van der Waals surface area contributed by atoms with Gasteiger partial charge in [0.2, 0.25) is 5.91 Å². The summed E-state index contributed by atoms with van der Waals surface area (Å²) < 4.78 is 19.5. The van der Waals surface area contributed by atoms with Gasteiger partial charge in [-0.2, -0.15) is 0 Å². The van der Waals surface area contributed by atoms with Crippen LogP contribution in [0.15, 0.2) is 0 Å². The molecule has 0 saturated carbocycles. The van der Waals surface area contributed by atoms with E-state index in [4.69, 9.17) is 9.84 Å². The van der Waals surface area contributed by atoms with Gasteiger partial charge in [-0.25, -0.2) is 9.18 Å². The van der Waals surface area contributed by atoms with Crippen molar-refractivity contribution in [3.8, 4) is 0 Å². The second-order valence-electron chi connectivity index (χ2n) is 4.60. The average Bonchev–Trinajstić information content (AvgIpc) is 2.52. The molecule has 18 heavy (non-hydrogen) atoms. The van der Waals surface area contributed by atoms with Gasteiger partial charge in [0.15, 0.2) is 11.9 Å². The third-order valence-corrected chi connectivity index (χ3v) is 3.27. The SMILES string of the molecule is C[C@@]1(F)[C@@H](N2CCC(=O)NC2=O)O[C@@H](CO)[C@@H]1O. The number of imide groups is 1. The lowest BCUT2D eigenvalue weighted by Gasteiger charge is -2.35. The van der Waals surface area contributed by atoms with Crippen LogP contribution in [0.3, 0.4) is 0 Å². The quantitative estimate of drug-likeness (QED) is 0.576. The normalized spacial score (nSPS) is 41.1. The number of hydrogen-bond acceptors (Lipinski definition) is 5. The van der Waals surface area contributed by atoms with Crippen LogP contribution in [0, 0.1) is 0 Å². The van der Waals surface area contributed by atoms with E-state index in [0.29, 0.717) is 0 Å². The second-order valence-corrected chi connectivity index (χ2v) is 4.60. The molecule has 102 valence electrons. The summed E-state index contributed by atoms with van der Waals surface area (Å²) in [6.07, 6.45) is -3.90. The molecule has 0 aliphatic carbocycles. The first-order valence-corrected chi connectivity index (χ1v) is 5.61. The molecule has 2 aliphatic rings. The van der Waals surface area contributed by atoms with Gasteiger partial charge in [-0.1, -0.05) is 0 Å². The summed E-state index contributed by atoms with van der Waals surface area (Å²) in [5.41, 5.74) is -2.20.